The van der Waals surface area contributed by atoms with Gasteiger partial charge in [-0.3, -0.25) is 0 Å². The molecule has 1 aliphatic heterocycles. The van der Waals surface area contributed by atoms with E-state index < -0.39 is 26.5 Å². The van der Waals surface area contributed by atoms with Gasteiger partial charge in [0.1, 0.15) is 0 Å². The van der Waals surface area contributed by atoms with E-state index >= 15 is 0 Å². The van der Waals surface area contributed by atoms with E-state index in [0.717, 1.165) is 0 Å². The van der Waals surface area contributed by atoms with Crippen molar-refractivity contribution in [3.63, 3.8) is 0 Å². The van der Waals surface area contributed by atoms with Crippen LogP contribution in [0.15, 0.2) is 47.9 Å². The van der Waals surface area contributed by atoms with Crippen molar-refractivity contribution in [2.45, 2.75) is 121 Å². The summed E-state index contributed by atoms with van der Waals surface area (Å²) in [4.78, 5) is 0.370. The second kappa shape index (κ2) is 12.4. The summed E-state index contributed by atoms with van der Waals surface area (Å²) in [6.45, 7) is 29.2. The van der Waals surface area contributed by atoms with Gasteiger partial charge in [-0.05, 0) is 60.7 Å². The van der Waals surface area contributed by atoms with Crippen LogP contribution in [0.2, 0.25) is 36.3 Å². The lowest BCUT2D eigenvalue weighted by Gasteiger charge is -2.42. The van der Waals surface area contributed by atoms with Crippen LogP contribution in [-0.2, 0) is 23.4 Å². The zero-order chi connectivity index (χ0) is 29.2. The molecule has 0 spiro atoms. The summed E-state index contributed by atoms with van der Waals surface area (Å²) in [5.41, 5.74) is 0. The van der Waals surface area contributed by atoms with Gasteiger partial charge in [-0.2, -0.15) is 0 Å². The first-order chi connectivity index (χ1) is 17.2. The van der Waals surface area contributed by atoms with Crippen molar-refractivity contribution in [2.75, 3.05) is 12.4 Å². The van der Waals surface area contributed by atoms with Gasteiger partial charge in [-0.15, -0.1) is 6.58 Å². The third-order valence-corrected chi connectivity index (χ3v) is 20.1. The predicted molar refractivity (Wildman–Crippen MR) is 164 cm³/mol. The maximum Gasteiger partial charge on any atom is 0.192 e. The number of ether oxygens (including phenoxy) is 1. The number of hydrogen-bond acceptors (Lipinski definition) is 5. The number of rotatable bonds is 12. The fraction of sp³-hybridized carbons (Fsp3) is 0.733. The van der Waals surface area contributed by atoms with Crippen molar-refractivity contribution in [3.05, 3.63) is 43.0 Å². The van der Waals surface area contributed by atoms with E-state index in [4.69, 9.17) is 13.6 Å². The van der Waals surface area contributed by atoms with Gasteiger partial charge >= 0.3 is 0 Å². The molecule has 1 heterocycles. The Morgan fingerprint density at radius 3 is 2.03 bits per heavy atom. The fourth-order valence-corrected chi connectivity index (χ4v) is 8.66. The lowest BCUT2D eigenvalue weighted by atomic mass is 9.87. The van der Waals surface area contributed by atoms with E-state index in [1.54, 1.807) is 24.3 Å². The summed E-state index contributed by atoms with van der Waals surface area (Å²) >= 11 is 0. The SMILES string of the molecule is C=CC[C@@H]1O[C@H](C[C@@H](CO[Si](C)(C)C(C)(C)C)O[Si](C)(C)C(C)(C)C)[C@H](C)[C@H]1CS(=O)(=O)c1ccccc1. The summed E-state index contributed by atoms with van der Waals surface area (Å²) in [7, 11) is -7.47. The van der Waals surface area contributed by atoms with Crippen LogP contribution in [0, 0.1) is 11.8 Å². The molecule has 1 fully saturated rings. The molecule has 218 valence electrons. The van der Waals surface area contributed by atoms with Crippen LogP contribution in [0.1, 0.15) is 61.3 Å². The van der Waals surface area contributed by atoms with E-state index in [2.05, 4.69) is 81.2 Å². The average molecular weight is 583 g/mol. The van der Waals surface area contributed by atoms with Gasteiger partial charge in [0.25, 0.3) is 0 Å². The highest BCUT2D eigenvalue weighted by molar-refractivity contribution is 7.91. The van der Waals surface area contributed by atoms with Crippen LogP contribution in [0.4, 0.5) is 0 Å². The van der Waals surface area contributed by atoms with Gasteiger partial charge in [0.05, 0.1) is 35.6 Å². The minimum Gasteiger partial charge on any atom is -0.414 e. The molecular weight excluding hydrogens is 529 g/mol. The number of benzene rings is 1. The summed E-state index contributed by atoms with van der Waals surface area (Å²) < 4.78 is 46.8. The van der Waals surface area contributed by atoms with Crippen LogP contribution >= 0.6 is 0 Å². The Morgan fingerprint density at radius 1 is 0.974 bits per heavy atom. The molecule has 1 aromatic rings. The van der Waals surface area contributed by atoms with Crippen LogP contribution in [0.25, 0.3) is 0 Å². The topological polar surface area (TPSA) is 61.8 Å². The van der Waals surface area contributed by atoms with Crippen molar-refractivity contribution in [1.29, 1.82) is 0 Å². The minimum absolute atomic E-state index is 0.0665. The van der Waals surface area contributed by atoms with Crippen molar-refractivity contribution in [1.82, 2.24) is 0 Å². The normalized spacial score (nSPS) is 24.4. The highest BCUT2D eigenvalue weighted by atomic mass is 32.2. The van der Waals surface area contributed by atoms with Gasteiger partial charge in [-0.25, -0.2) is 8.42 Å². The minimum atomic E-state index is -3.43. The van der Waals surface area contributed by atoms with Crippen molar-refractivity contribution < 1.29 is 22.0 Å². The highest BCUT2D eigenvalue weighted by Crippen LogP contribution is 2.42. The first kappa shape index (κ1) is 33.4. The Labute approximate surface area is 235 Å². The second-order valence-electron chi connectivity index (χ2n) is 14.2. The molecule has 0 saturated carbocycles. The molecule has 0 unspecified atom stereocenters. The molecule has 5 atom stereocenters. The maximum atomic E-state index is 13.3. The molecule has 2 rings (SSSR count). The lowest BCUT2D eigenvalue weighted by Crippen LogP contribution is -2.48. The molecule has 0 bridgehead atoms. The Bertz CT molecular complexity index is 1010. The van der Waals surface area contributed by atoms with E-state index in [1.807, 2.05) is 12.1 Å². The Balaban J connectivity index is 2.29. The maximum absolute atomic E-state index is 13.3. The Morgan fingerprint density at radius 2 is 1.53 bits per heavy atom. The first-order valence-electron chi connectivity index (χ1n) is 14.1. The van der Waals surface area contributed by atoms with Crippen molar-refractivity contribution >= 4 is 26.5 Å². The Hall–Kier alpha value is -0.776. The van der Waals surface area contributed by atoms with E-state index in [0.29, 0.717) is 24.3 Å². The fourth-order valence-electron chi connectivity index (χ4n) is 4.49. The smallest absolute Gasteiger partial charge is 0.192 e. The molecule has 0 aromatic heterocycles. The summed E-state index contributed by atoms with van der Waals surface area (Å²) in [5.74, 6) is 0.0244. The molecule has 38 heavy (non-hydrogen) atoms. The van der Waals surface area contributed by atoms with Crippen LogP contribution in [-0.4, -0.2) is 55.7 Å². The zero-order valence-electron chi connectivity index (χ0n) is 25.8. The quantitative estimate of drug-likeness (QED) is 0.185. The van der Waals surface area contributed by atoms with Gasteiger partial charge in [0.2, 0.25) is 0 Å². The molecular formula is C30H54O5SSi2. The molecule has 0 N–H and O–H groups in total. The van der Waals surface area contributed by atoms with Gasteiger partial charge in [-0.1, -0.05) is 72.7 Å². The third-order valence-electron chi connectivity index (χ3n) is 9.20. The van der Waals surface area contributed by atoms with Crippen LogP contribution in [0.3, 0.4) is 0 Å². The molecule has 1 aliphatic rings. The van der Waals surface area contributed by atoms with E-state index in [-0.39, 0.29) is 46.0 Å². The van der Waals surface area contributed by atoms with Crippen LogP contribution < -0.4 is 0 Å². The summed E-state index contributed by atoms with van der Waals surface area (Å²) in [5, 5.41) is 0.180. The summed E-state index contributed by atoms with van der Waals surface area (Å²) in [6.07, 6.45) is 2.77. The Kier molecular flexibility index (Phi) is 10.9. The monoisotopic (exact) mass is 582 g/mol. The highest BCUT2D eigenvalue weighted by Gasteiger charge is 2.46. The number of hydrogen-bond donors (Lipinski definition) is 0. The summed E-state index contributed by atoms with van der Waals surface area (Å²) in [6, 6.07) is 8.74. The predicted octanol–water partition coefficient (Wildman–Crippen LogP) is 7.86. The van der Waals surface area contributed by atoms with Gasteiger partial charge in [0.15, 0.2) is 26.5 Å². The zero-order valence-corrected chi connectivity index (χ0v) is 28.7. The van der Waals surface area contributed by atoms with E-state index in [1.165, 1.54) is 0 Å². The third kappa shape index (κ3) is 8.37. The molecule has 1 aromatic carbocycles. The van der Waals surface area contributed by atoms with Gasteiger partial charge in [0, 0.05) is 12.3 Å². The molecule has 0 aliphatic carbocycles. The molecule has 8 heteroatoms. The standard InChI is InChI=1S/C30H54O5SSi2/c1-13-17-27-26(22-36(31,32)25-18-15-14-16-19-25)23(2)28(34-27)20-24(35-38(11,12)30(6,7)8)21-33-37(9,10)29(3,4)5/h13-16,18-19,23-24,26-28H,1,17,20-22H2,2-12H3/t23-,24+,26-,27+,28-/m1/s1. The molecule has 1 saturated heterocycles. The van der Waals surface area contributed by atoms with E-state index in [9.17, 15) is 8.42 Å². The average Bonchev–Trinajstić information content (AvgIpc) is 3.05. The second-order valence-corrected chi connectivity index (χ2v) is 25.8. The van der Waals surface area contributed by atoms with Crippen molar-refractivity contribution in [3.8, 4) is 0 Å². The van der Waals surface area contributed by atoms with Crippen molar-refractivity contribution in [2.24, 2.45) is 11.8 Å². The van der Waals surface area contributed by atoms with Gasteiger partial charge < -0.3 is 13.6 Å². The molecule has 5 nitrogen and oxygen atoms in total. The number of sulfone groups is 1. The molecule has 0 amide bonds. The largest absolute Gasteiger partial charge is 0.414 e. The van der Waals surface area contributed by atoms with Crippen LogP contribution in [0.5, 0.6) is 0 Å². The lowest BCUT2D eigenvalue weighted by molar-refractivity contribution is -0.00621. The molecule has 0 radical (unpaired) electrons. The first-order valence-corrected chi connectivity index (χ1v) is 21.5.